The molecule has 7 nitrogen and oxygen atoms in total. The highest BCUT2D eigenvalue weighted by Crippen LogP contribution is 1.81. The largest absolute Gasteiger partial charge is 0.652 e. The Morgan fingerprint density at radius 3 is 0.647 bits per heavy atom. The summed E-state index contributed by atoms with van der Waals surface area (Å²) >= 11 is 0. The SMILES string of the molecule is CC(C)C.CC(C)C.N.O=C([O-])[O-].O=C([O-])[O-]. The molecule has 0 saturated carbocycles. The van der Waals surface area contributed by atoms with E-state index in [0.29, 0.717) is 0 Å². The molecular formula is C10H23NO6-4. The lowest BCUT2D eigenvalue weighted by atomic mass is 10.3. The van der Waals surface area contributed by atoms with Crippen molar-refractivity contribution >= 4 is 12.3 Å². The van der Waals surface area contributed by atoms with Crippen LogP contribution in [0.3, 0.4) is 0 Å². The maximum Gasteiger partial charge on any atom is -0.0431 e. The van der Waals surface area contributed by atoms with Crippen LogP contribution in [-0.2, 0) is 0 Å². The third-order valence-electron chi connectivity index (χ3n) is 0. The van der Waals surface area contributed by atoms with Crippen LogP contribution in [0.1, 0.15) is 41.5 Å². The fraction of sp³-hybridized carbons (Fsp3) is 0.800. The van der Waals surface area contributed by atoms with Gasteiger partial charge in [-0.2, -0.15) is 0 Å². The van der Waals surface area contributed by atoms with E-state index in [4.69, 9.17) is 30.0 Å². The molecule has 0 aromatic heterocycles. The standard InChI is InChI=1S/2C4H10.2CH2O3.H3N/c2*1-4(2)3;2*2-1(3)4;/h2*4H,1-3H3;2*(H2,2,3,4);1H3/p-4. The molecule has 0 heterocycles. The van der Waals surface area contributed by atoms with E-state index in [1.165, 1.54) is 0 Å². The lowest BCUT2D eigenvalue weighted by Gasteiger charge is -1.96. The van der Waals surface area contributed by atoms with Crippen LogP contribution in [-0.4, -0.2) is 12.3 Å². The fourth-order valence-corrected chi connectivity index (χ4v) is 0. The van der Waals surface area contributed by atoms with Crippen molar-refractivity contribution in [1.82, 2.24) is 6.15 Å². The highest BCUT2D eigenvalue weighted by molar-refractivity contribution is 5.47. The van der Waals surface area contributed by atoms with Crippen molar-refractivity contribution in [2.24, 2.45) is 11.8 Å². The molecule has 0 fully saturated rings. The van der Waals surface area contributed by atoms with E-state index in [1.807, 2.05) is 0 Å². The lowest BCUT2D eigenvalue weighted by Crippen LogP contribution is -2.37. The van der Waals surface area contributed by atoms with E-state index in [2.05, 4.69) is 41.5 Å². The van der Waals surface area contributed by atoms with Gasteiger partial charge in [0.05, 0.1) is 0 Å². The minimum Gasteiger partial charge on any atom is -0.652 e. The number of carbonyl (C=O) groups is 2. The van der Waals surface area contributed by atoms with Gasteiger partial charge < -0.3 is 36.2 Å². The van der Waals surface area contributed by atoms with Crippen LogP contribution in [0.25, 0.3) is 0 Å². The Morgan fingerprint density at radius 1 is 0.647 bits per heavy atom. The maximum atomic E-state index is 8.33. The monoisotopic (exact) mass is 253 g/mol. The molecular weight excluding hydrogens is 230 g/mol. The van der Waals surface area contributed by atoms with Gasteiger partial charge in [-0.15, -0.1) is 0 Å². The number of hydrogen-bond donors (Lipinski definition) is 1. The van der Waals surface area contributed by atoms with Gasteiger partial charge in [0.1, 0.15) is 0 Å². The molecule has 0 aliphatic rings. The number of carboxylic acid groups (broad SMARTS) is 4. The molecule has 17 heavy (non-hydrogen) atoms. The summed E-state index contributed by atoms with van der Waals surface area (Å²) in [5.74, 6) is 1.67. The van der Waals surface area contributed by atoms with Crippen molar-refractivity contribution in [3.05, 3.63) is 0 Å². The molecule has 3 N–H and O–H groups in total. The summed E-state index contributed by atoms with van der Waals surface area (Å²) in [7, 11) is 0. The van der Waals surface area contributed by atoms with Gasteiger partial charge >= 0.3 is 0 Å². The summed E-state index contributed by atoms with van der Waals surface area (Å²) < 4.78 is 0. The Balaban J connectivity index is -0.0000000369. The van der Waals surface area contributed by atoms with Gasteiger partial charge in [0, 0.05) is 0 Å². The van der Waals surface area contributed by atoms with Gasteiger partial charge in [-0.05, 0) is 24.1 Å². The fourth-order valence-electron chi connectivity index (χ4n) is 0. The average Bonchev–Trinajstić information content (AvgIpc) is 1.76. The molecule has 0 aliphatic carbocycles. The van der Waals surface area contributed by atoms with E-state index >= 15 is 0 Å². The second-order valence-electron chi connectivity index (χ2n) is 3.96. The molecule has 0 unspecified atom stereocenters. The van der Waals surface area contributed by atoms with E-state index in [0.717, 1.165) is 11.8 Å². The Kier molecular flexibility index (Phi) is 41.7. The van der Waals surface area contributed by atoms with Crippen molar-refractivity contribution in [1.29, 1.82) is 0 Å². The summed E-state index contributed by atoms with van der Waals surface area (Å²) in [6.45, 7) is 13.0. The van der Waals surface area contributed by atoms with Crippen molar-refractivity contribution < 1.29 is 30.0 Å². The lowest BCUT2D eigenvalue weighted by molar-refractivity contribution is -0.417. The second-order valence-corrected chi connectivity index (χ2v) is 3.96. The highest BCUT2D eigenvalue weighted by atomic mass is 16.6. The van der Waals surface area contributed by atoms with Crippen molar-refractivity contribution in [3.63, 3.8) is 0 Å². The van der Waals surface area contributed by atoms with Gasteiger partial charge in [0.2, 0.25) is 0 Å². The van der Waals surface area contributed by atoms with Crippen LogP contribution in [0, 0.1) is 11.8 Å². The molecule has 7 heteroatoms. The van der Waals surface area contributed by atoms with Gasteiger partial charge in [0.15, 0.2) is 0 Å². The first-order valence-electron chi connectivity index (χ1n) is 4.69. The van der Waals surface area contributed by atoms with Crippen molar-refractivity contribution in [2.75, 3.05) is 0 Å². The zero-order valence-electron chi connectivity index (χ0n) is 11.3. The van der Waals surface area contributed by atoms with E-state index in [1.54, 1.807) is 0 Å². The minimum absolute atomic E-state index is 0. The third kappa shape index (κ3) is 1010. The molecule has 0 rings (SSSR count). The van der Waals surface area contributed by atoms with E-state index < -0.39 is 12.3 Å². The Bertz CT molecular complexity index is 127. The molecule has 0 aromatic carbocycles. The first kappa shape index (κ1) is 29.6. The molecule has 0 bridgehead atoms. The van der Waals surface area contributed by atoms with Crippen LogP contribution in [0.5, 0.6) is 0 Å². The van der Waals surface area contributed by atoms with Gasteiger partial charge in [0.25, 0.3) is 0 Å². The molecule has 0 spiro atoms. The highest BCUT2D eigenvalue weighted by Gasteiger charge is 1.68. The first-order valence-corrected chi connectivity index (χ1v) is 4.69. The number of rotatable bonds is 0. The Hall–Kier alpha value is -1.50. The molecule has 0 aliphatic heterocycles. The van der Waals surface area contributed by atoms with E-state index in [-0.39, 0.29) is 6.15 Å². The van der Waals surface area contributed by atoms with Gasteiger partial charge in [-0.3, -0.25) is 0 Å². The third-order valence-corrected chi connectivity index (χ3v) is 0. The molecule has 0 atom stereocenters. The molecule has 0 radical (unpaired) electrons. The van der Waals surface area contributed by atoms with Crippen LogP contribution in [0.2, 0.25) is 0 Å². The molecule has 108 valence electrons. The Morgan fingerprint density at radius 2 is 0.647 bits per heavy atom. The van der Waals surface area contributed by atoms with Crippen LogP contribution >= 0.6 is 0 Å². The van der Waals surface area contributed by atoms with Crippen LogP contribution in [0.15, 0.2) is 0 Å². The number of hydrogen-bond acceptors (Lipinski definition) is 7. The predicted molar refractivity (Wildman–Crippen MR) is 56.8 cm³/mol. The summed E-state index contributed by atoms with van der Waals surface area (Å²) in [4.78, 5) is 16.7. The van der Waals surface area contributed by atoms with E-state index in [9.17, 15) is 0 Å². The minimum atomic E-state index is -2.33. The van der Waals surface area contributed by atoms with Crippen LogP contribution < -0.4 is 26.6 Å². The maximum absolute atomic E-state index is 8.33. The smallest absolute Gasteiger partial charge is 0.0431 e. The quantitative estimate of drug-likeness (QED) is 0.554. The summed E-state index contributed by atoms with van der Waals surface area (Å²) in [6, 6.07) is 0. The predicted octanol–water partition coefficient (Wildman–Crippen LogP) is -1.41. The van der Waals surface area contributed by atoms with Crippen LogP contribution in [0.4, 0.5) is 9.59 Å². The summed E-state index contributed by atoms with van der Waals surface area (Å²) in [5, 5.41) is 33.3. The first-order chi connectivity index (χ1) is 6.93. The summed E-state index contributed by atoms with van der Waals surface area (Å²) in [5.41, 5.74) is 0. The Labute approximate surface area is 103 Å². The van der Waals surface area contributed by atoms with Gasteiger partial charge in [-0.25, -0.2) is 0 Å². The van der Waals surface area contributed by atoms with Crippen molar-refractivity contribution in [2.45, 2.75) is 41.5 Å². The van der Waals surface area contributed by atoms with Crippen molar-refractivity contribution in [3.8, 4) is 0 Å². The number of carbonyl (C=O) groups excluding carboxylic acids is 2. The second kappa shape index (κ2) is 24.0. The summed E-state index contributed by atoms with van der Waals surface area (Å²) in [6.07, 6.45) is -4.67. The molecule has 0 aromatic rings. The zero-order valence-corrected chi connectivity index (χ0v) is 11.3. The van der Waals surface area contributed by atoms with Gasteiger partial charge in [-0.1, -0.05) is 41.5 Å². The topological polar surface area (TPSA) is 161 Å². The normalized spacial score (nSPS) is 7.06. The molecule has 0 saturated heterocycles. The molecule has 0 amide bonds. The average molecular weight is 253 g/mol. The zero-order chi connectivity index (χ0) is 14.3.